The zero-order valence-corrected chi connectivity index (χ0v) is 30.7. The number of nitrogens with zero attached hydrogens (tertiary/aromatic N) is 2. The Bertz CT molecular complexity index is 3190. The maximum Gasteiger partial charge on any atom is 0.0619 e. The van der Waals surface area contributed by atoms with Crippen LogP contribution in [0.4, 0.5) is 17.1 Å². The fourth-order valence-electron chi connectivity index (χ4n) is 8.43. The van der Waals surface area contributed by atoms with Gasteiger partial charge in [0.15, 0.2) is 0 Å². The number of aromatic nitrogens is 1. The third-order valence-corrected chi connectivity index (χ3v) is 12.1. The van der Waals surface area contributed by atoms with E-state index in [1.807, 2.05) is 11.3 Å². The maximum absolute atomic E-state index is 2.44. The number of rotatable bonds is 6. The molecule has 2 nitrogen and oxygen atoms in total. The van der Waals surface area contributed by atoms with Gasteiger partial charge in [0, 0.05) is 53.4 Å². The Hall–Kier alpha value is -6.94. The molecular formula is C52H34N2S. The first kappa shape index (κ1) is 31.6. The van der Waals surface area contributed by atoms with E-state index in [0.717, 1.165) is 17.1 Å². The Labute approximate surface area is 323 Å². The average Bonchev–Trinajstić information content (AvgIpc) is 3.81. The Morgan fingerprint density at radius 2 is 1.02 bits per heavy atom. The first-order valence-corrected chi connectivity index (χ1v) is 19.6. The van der Waals surface area contributed by atoms with E-state index in [-0.39, 0.29) is 0 Å². The summed E-state index contributed by atoms with van der Waals surface area (Å²) in [6.07, 6.45) is 0. The van der Waals surface area contributed by atoms with E-state index in [9.17, 15) is 0 Å². The summed E-state index contributed by atoms with van der Waals surface area (Å²) in [4.78, 5) is 2.43. The second-order valence-corrected chi connectivity index (χ2v) is 15.2. The lowest BCUT2D eigenvalue weighted by molar-refractivity contribution is 1.19. The predicted octanol–water partition coefficient (Wildman–Crippen LogP) is 15.1. The van der Waals surface area contributed by atoms with E-state index in [2.05, 4.69) is 216 Å². The van der Waals surface area contributed by atoms with Crippen molar-refractivity contribution in [1.29, 1.82) is 0 Å². The molecule has 0 unspecified atom stereocenters. The van der Waals surface area contributed by atoms with Gasteiger partial charge in [0.25, 0.3) is 0 Å². The minimum atomic E-state index is 1.11. The van der Waals surface area contributed by atoms with Gasteiger partial charge in [-0.25, -0.2) is 0 Å². The van der Waals surface area contributed by atoms with Crippen LogP contribution in [-0.2, 0) is 0 Å². The molecule has 0 aliphatic heterocycles. The highest BCUT2D eigenvalue weighted by atomic mass is 32.1. The van der Waals surface area contributed by atoms with Crippen LogP contribution in [0.3, 0.4) is 0 Å². The van der Waals surface area contributed by atoms with Gasteiger partial charge in [-0.05, 0) is 88.3 Å². The number of para-hydroxylation sites is 1. The molecule has 0 aliphatic carbocycles. The first-order chi connectivity index (χ1) is 27.3. The van der Waals surface area contributed by atoms with E-state index < -0.39 is 0 Å². The van der Waals surface area contributed by atoms with Gasteiger partial charge in [-0.2, -0.15) is 0 Å². The lowest BCUT2D eigenvalue weighted by atomic mass is 10.0. The summed E-state index contributed by atoms with van der Waals surface area (Å²) in [5, 5.41) is 7.60. The molecule has 2 heterocycles. The Balaban J connectivity index is 1.08. The van der Waals surface area contributed by atoms with Gasteiger partial charge in [-0.3, -0.25) is 0 Å². The Morgan fingerprint density at radius 3 is 1.87 bits per heavy atom. The molecule has 0 atom stereocenters. The zero-order valence-electron chi connectivity index (χ0n) is 29.9. The number of hydrogen-bond acceptors (Lipinski definition) is 2. The molecule has 258 valence electrons. The van der Waals surface area contributed by atoms with Gasteiger partial charge in [-0.1, -0.05) is 146 Å². The molecule has 11 aromatic rings. The molecule has 0 radical (unpaired) electrons. The van der Waals surface area contributed by atoms with Crippen LogP contribution in [0.2, 0.25) is 0 Å². The molecular weight excluding hydrogens is 685 g/mol. The third kappa shape index (κ3) is 5.24. The summed E-state index contributed by atoms with van der Waals surface area (Å²) in [6.45, 7) is 0. The molecule has 0 saturated heterocycles. The van der Waals surface area contributed by atoms with Crippen molar-refractivity contribution in [2.24, 2.45) is 0 Å². The minimum absolute atomic E-state index is 1.11. The number of thiophene rings is 1. The van der Waals surface area contributed by atoms with Crippen molar-refractivity contribution in [3.63, 3.8) is 0 Å². The monoisotopic (exact) mass is 718 g/mol. The van der Waals surface area contributed by atoms with E-state index >= 15 is 0 Å². The molecule has 55 heavy (non-hydrogen) atoms. The van der Waals surface area contributed by atoms with Crippen LogP contribution in [0.15, 0.2) is 206 Å². The van der Waals surface area contributed by atoms with Gasteiger partial charge in [0.1, 0.15) is 0 Å². The highest BCUT2D eigenvalue weighted by Gasteiger charge is 2.20. The van der Waals surface area contributed by atoms with Crippen molar-refractivity contribution < 1.29 is 0 Å². The number of fused-ring (bicyclic) bond motifs is 8. The van der Waals surface area contributed by atoms with Crippen molar-refractivity contribution >= 4 is 81.1 Å². The molecule has 0 bridgehead atoms. The molecule has 9 aromatic carbocycles. The Kier molecular flexibility index (Phi) is 7.39. The van der Waals surface area contributed by atoms with Gasteiger partial charge in [0.05, 0.1) is 16.7 Å². The van der Waals surface area contributed by atoms with Crippen molar-refractivity contribution in [1.82, 2.24) is 4.57 Å². The van der Waals surface area contributed by atoms with Gasteiger partial charge in [0.2, 0.25) is 0 Å². The fraction of sp³-hybridized carbons (Fsp3) is 0. The second kappa shape index (κ2) is 12.9. The topological polar surface area (TPSA) is 8.17 Å². The van der Waals surface area contributed by atoms with Crippen LogP contribution in [0, 0.1) is 0 Å². The second-order valence-electron chi connectivity index (χ2n) is 14.1. The molecule has 0 saturated carbocycles. The van der Waals surface area contributed by atoms with Gasteiger partial charge >= 0.3 is 0 Å². The average molecular weight is 719 g/mol. The third-order valence-electron chi connectivity index (χ3n) is 11.0. The van der Waals surface area contributed by atoms with Crippen LogP contribution in [0.1, 0.15) is 0 Å². The summed E-state index contributed by atoms with van der Waals surface area (Å²) < 4.78 is 5.03. The largest absolute Gasteiger partial charge is 0.310 e. The molecule has 0 fully saturated rings. The van der Waals surface area contributed by atoms with Crippen molar-refractivity contribution in [3.8, 4) is 27.9 Å². The number of benzene rings is 9. The summed E-state index contributed by atoms with van der Waals surface area (Å²) in [5.74, 6) is 0. The maximum atomic E-state index is 2.44. The van der Waals surface area contributed by atoms with Crippen LogP contribution in [0.5, 0.6) is 0 Å². The van der Waals surface area contributed by atoms with Crippen molar-refractivity contribution in [2.75, 3.05) is 4.90 Å². The Morgan fingerprint density at radius 1 is 0.382 bits per heavy atom. The van der Waals surface area contributed by atoms with Crippen LogP contribution in [0.25, 0.3) is 80.7 Å². The molecule has 0 amide bonds. The quantitative estimate of drug-likeness (QED) is 0.166. The van der Waals surface area contributed by atoms with E-state index in [0.29, 0.717) is 0 Å². The molecule has 0 aliphatic rings. The smallest absolute Gasteiger partial charge is 0.0619 e. The van der Waals surface area contributed by atoms with Gasteiger partial charge < -0.3 is 9.47 Å². The van der Waals surface area contributed by atoms with E-state index in [4.69, 9.17) is 0 Å². The minimum Gasteiger partial charge on any atom is -0.310 e. The molecule has 2 aromatic heterocycles. The molecule has 0 spiro atoms. The highest BCUT2D eigenvalue weighted by molar-refractivity contribution is 7.26. The summed E-state index contributed by atoms with van der Waals surface area (Å²) in [6, 6.07) is 75.1. The molecule has 11 rings (SSSR count). The number of hydrogen-bond donors (Lipinski definition) is 0. The van der Waals surface area contributed by atoms with E-state index in [1.165, 1.54) is 80.7 Å². The standard InChI is InChI=1S/C52H34N2S/c1-3-13-35(14-4-1)38-16-11-19-42(33-38)53(47-22-12-24-50-51(47)46-21-9-10-23-49(46)55-50)41-29-25-36(26-30-41)39-28-31-44-45-32-27-37-15-7-8-20-43(37)52(45)54(48(44)34-39)40-17-5-2-6-18-40/h1-34H. The normalized spacial score (nSPS) is 11.6. The van der Waals surface area contributed by atoms with Crippen LogP contribution in [-0.4, -0.2) is 4.57 Å². The summed E-state index contributed by atoms with van der Waals surface area (Å²) in [5.41, 5.74) is 11.8. The van der Waals surface area contributed by atoms with Crippen LogP contribution >= 0.6 is 11.3 Å². The first-order valence-electron chi connectivity index (χ1n) is 18.8. The zero-order chi connectivity index (χ0) is 36.3. The van der Waals surface area contributed by atoms with Gasteiger partial charge in [-0.15, -0.1) is 11.3 Å². The fourth-order valence-corrected chi connectivity index (χ4v) is 9.56. The number of anilines is 3. The van der Waals surface area contributed by atoms with Crippen molar-refractivity contribution in [2.45, 2.75) is 0 Å². The van der Waals surface area contributed by atoms with E-state index in [1.54, 1.807) is 0 Å². The summed E-state index contributed by atoms with van der Waals surface area (Å²) in [7, 11) is 0. The van der Waals surface area contributed by atoms with Crippen LogP contribution < -0.4 is 4.90 Å². The lowest BCUT2D eigenvalue weighted by Gasteiger charge is -2.27. The SMILES string of the molecule is c1ccc(-c2cccc(N(c3ccc(-c4ccc5c6ccc7ccccc7c6n(-c6ccccc6)c5c4)cc3)c3cccc4sc5ccccc5c34)c2)cc1. The molecule has 0 N–H and O–H groups in total. The molecule has 3 heteroatoms. The van der Waals surface area contributed by atoms with Crippen molar-refractivity contribution in [3.05, 3.63) is 206 Å². The highest BCUT2D eigenvalue weighted by Crippen LogP contribution is 2.46. The lowest BCUT2D eigenvalue weighted by Crippen LogP contribution is -2.10. The predicted molar refractivity (Wildman–Crippen MR) is 237 cm³/mol. The summed E-state index contributed by atoms with van der Waals surface area (Å²) >= 11 is 1.86.